The van der Waals surface area contributed by atoms with E-state index < -0.39 is 0 Å². The molecule has 0 heterocycles. The Morgan fingerprint density at radius 2 is 2.07 bits per heavy atom. The van der Waals surface area contributed by atoms with Crippen molar-refractivity contribution in [3.63, 3.8) is 0 Å². The summed E-state index contributed by atoms with van der Waals surface area (Å²) >= 11 is 0. The van der Waals surface area contributed by atoms with Crippen molar-refractivity contribution in [2.45, 2.75) is 52.9 Å². The Kier molecular flexibility index (Phi) is 2.24. The zero-order valence-corrected chi connectivity index (χ0v) is 9.68. The summed E-state index contributed by atoms with van der Waals surface area (Å²) in [6, 6.07) is 0. The van der Waals surface area contributed by atoms with Crippen LogP contribution >= 0.6 is 0 Å². The molecule has 80 valence electrons. The van der Waals surface area contributed by atoms with Crippen molar-refractivity contribution in [3.8, 4) is 0 Å². The molecule has 0 aliphatic heterocycles. The zero-order valence-electron chi connectivity index (χ0n) is 9.68. The fourth-order valence-electron chi connectivity index (χ4n) is 3.62. The van der Waals surface area contributed by atoms with Gasteiger partial charge >= 0.3 is 0 Å². The maximum atomic E-state index is 10.3. The minimum Gasteiger partial charge on any atom is -0.303 e. The number of carbonyl (C=O) groups excluding carboxylic acids is 1. The van der Waals surface area contributed by atoms with Crippen molar-refractivity contribution in [2.24, 2.45) is 22.7 Å². The number of unbranched alkanes of at least 4 members (excludes halogenated alkanes) is 1. The molecule has 0 N–H and O–H groups in total. The molecule has 0 aromatic carbocycles. The molecular weight excluding hydrogens is 172 g/mol. The van der Waals surface area contributed by atoms with E-state index in [9.17, 15) is 4.79 Å². The van der Waals surface area contributed by atoms with Crippen LogP contribution in [-0.2, 0) is 4.79 Å². The van der Waals surface area contributed by atoms with Gasteiger partial charge in [-0.2, -0.15) is 0 Å². The molecule has 2 fully saturated rings. The van der Waals surface area contributed by atoms with Gasteiger partial charge in [0.25, 0.3) is 0 Å². The van der Waals surface area contributed by atoms with Crippen LogP contribution in [0.5, 0.6) is 0 Å². The summed E-state index contributed by atoms with van der Waals surface area (Å²) in [7, 11) is 0. The van der Waals surface area contributed by atoms with Gasteiger partial charge in [0.2, 0.25) is 0 Å². The molecule has 1 nitrogen and oxygen atoms in total. The van der Waals surface area contributed by atoms with Gasteiger partial charge in [-0.1, -0.05) is 20.8 Å². The number of aldehydes is 1. The fourth-order valence-corrected chi connectivity index (χ4v) is 3.62. The van der Waals surface area contributed by atoms with Crippen LogP contribution in [0.1, 0.15) is 52.9 Å². The Bertz CT molecular complexity index is 244. The van der Waals surface area contributed by atoms with E-state index in [0.29, 0.717) is 10.8 Å². The Balaban J connectivity index is 1.92. The average Bonchev–Trinajstić information content (AvgIpc) is 2.72. The Labute approximate surface area is 87.3 Å². The van der Waals surface area contributed by atoms with Crippen LogP contribution in [0, 0.1) is 22.7 Å². The molecule has 2 saturated carbocycles. The lowest BCUT2D eigenvalue weighted by atomic mass is 9.70. The van der Waals surface area contributed by atoms with E-state index in [-0.39, 0.29) is 0 Å². The van der Waals surface area contributed by atoms with Crippen molar-refractivity contribution in [1.82, 2.24) is 0 Å². The second kappa shape index (κ2) is 3.08. The van der Waals surface area contributed by atoms with E-state index in [1.807, 2.05) is 0 Å². The van der Waals surface area contributed by atoms with E-state index in [1.165, 1.54) is 19.3 Å². The monoisotopic (exact) mass is 194 g/mol. The smallest absolute Gasteiger partial charge is 0.119 e. The summed E-state index contributed by atoms with van der Waals surface area (Å²) in [5, 5.41) is 0. The standard InChI is InChI=1S/C13H22O/c1-12(2)10(6-4-5-7-14)8-11-9-13(11,12)3/h7,10-11H,4-6,8-9H2,1-3H3. The first-order chi connectivity index (χ1) is 6.52. The molecule has 0 bridgehead atoms. The SMILES string of the molecule is CC1(C)C(CCCC=O)CC2CC21C. The first-order valence-electron chi connectivity index (χ1n) is 5.96. The Morgan fingerprint density at radius 1 is 1.36 bits per heavy atom. The molecule has 0 radical (unpaired) electrons. The fraction of sp³-hybridized carbons (Fsp3) is 0.923. The Morgan fingerprint density at radius 3 is 2.57 bits per heavy atom. The second-order valence-electron chi connectivity index (χ2n) is 6.07. The molecule has 3 unspecified atom stereocenters. The first kappa shape index (κ1) is 10.2. The third-order valence-corrected chi connectivity index (χ3v) is 5.35. The van der Waals surface area contributed by atoms with Gasteiger partial charge in [0.1, 0.15) is 6.29 Å². The van der Waals surface area contributed by atoms with Crippen molar-refractivity contribution in [3.05, 3.63) is 0 Å². The highest BCUT2D eigenvalue weighted by Gasteiger charge is 2.66. The van der Waals surface area contributed by atoms with Gasteiger partial charge in [0.15, 0.2) is 0 Å². The first-order valence-corrected chi connectivity index (χ1v) is 5.96. The highest BCUT2D eigenvalue weighted by molar-refractivity contribution is 5.48. The maximum absolute atomic E-state index is 10.3. The molecule has 14 heavy (non-hydrogen) atoms. The lowest BCUT2D eigenvalue weighted by Gasteiger charge is -2.35. The predicted octanol–water partition coefficient (Wildman–Crippen LogP) is 3.43. The predicted molar refractivity (Wildman–Crippen MR) is 58.0 cm³/mol. The molecule has 3 atom stereocenters. The van der Waals surface area contributed by atoms with E-state index in [1.54, 1.807) is 0 Å². The zero-order chi connectivity index (χ0) is 10.4. The normalized spacial score (nSPS) is 43.4. The number of hydrogen-bond acceptors (Lipinski definition) is 1. The number of hydrogen-bond donors (Lipinski definition) is 0. The summed E-state index contributed by atoms with van der Waals surface area (Å²) in [6.45, 7) is 7.33. The minimum atomic E-state index is 0.514. The maximum Gasteiger partial charge on any atom is 0.119 e. The van der Waals surface area contributed by atoms with E-state index in [0.717, 1.165) is 31.0 Å². The summed E-state index contributed by atoms with van der Waals surface area (Å²) in [5.74, 6) is 1.87. The average molecular weight is 194 g/mol. The number of fused-ring (bicyclic) bond motifs is 1. The number of rotatable bonds is 4. The highest BCUT2D eigenvalue weighted by Crippen LogP contribution is 2.74. The molecule has 2 rings (SSSR count). The second-order valence-corrected chi connectivity index (χ2v) is 6.07. The van der Waals surface area contributed by atoms with Crippen molar-refractivity contribution in [2.75, 3.05) is 0 Å². The molecule has 0 spiro atoms. The van der Waals surface area contributed by atoms with Gasteiger partial charge in [-0.3, -0.25) is 0 Å². The van der Waals surface area contributed by atoms with E-state index in [2.05, 4.69) is 20.8 Å². The van der Waals surface area contributed by atoms with Gasteiger partial charge < -0.3 is 4.79 Å². The molecule has 0 amide bonds. The lowest BCUT2D eigenvalue weighted by Crippen LogP contribution is -2.27. The van der Waals surface area contributed by atoms with Gasteiger partial charge in [0, 0.05) is 6.42 Å². The largest absolute Gasteiger partial charge is 0.303 e. The van der Waals surface area contributed by atoms with Crippen LogP contribution < -0.4 is 0 Å². The van der Waals surface area contributed by atoms with Crippen LogP contribution in [0.4, 0.5) is 0 Å². The summed E-state index contributed by atoms with van der Waals surface area (Å²) in [5.41, 5.74) is 1.15. The van der Waals surface area contributed by atoms with Crippen molar-refractivity contribution < 1.29 is 4.79 Å². The van der Waals surface area contributed by atoms with Gasteiger partial charge in [0.05, 0.1) is 0 Å². The molecule has 0 aromatic heterocycles. The lowest BCUT2D eigenvalue weighted by molar-refractivity contribution is -0.108. The van der Waals surface area contributed by atoms with Crippen LogP contribution in [0.3, 0.4) is 0 Å². The molecule has 1 heteroatoms. The van der Waals surface area contributed by atoms with Crippen LogP contribution in [0.25, 0.3) is 0 Å². The minimum absolute atomic E-state index is 0.514. The molecule has 2 aliphatic rings. The number of carbonyl (C=O) groups is 1. The van der Waals surface area contributed by atoms with Gasteiger partial charge in [-0.15, -0.1) is 0 Å². The van der Waals surface area contributed by atoms with Crippen LogP contribution in [0.2, 0.25) is 0 Å². The molecule has 2 aliphatic carbocycles. The quantitative estimate of drug-likeness (QED) is 0.495. The van der Waals surface area contributed by atoms with Crippen molar-refractivity contribution >= 4 is 6.29 Å². The summed E-state index contributed by atoms with van der Waals surface area (Å²) < 4.78 is 0. The topological polar surface area (TPSA) is 17.1 Å². The summed E-state index contributed by atoms with van der Waals surface area (Å²) in [4.78, 5) is 10.3. The van der Waals surface area contributed by atoms with E-state index in [4.69, 9.17) is 0 Å². The molecule has 0 saturated heterocycles. The van der Waals surface area contributed by atoms with Crippen LogP contribution in [0.15, 0.2) is 0 Å². The Hall–Kier alpha value is -0.330. The third-order valence-electron chi connectivity index (χ3n) is 5.35. The highest BCUT2D eigenvalue weighted by atomic mass is 16.1. The van der Waals surface area contributed by atoms with Gasteiger partial charge in [-0.25, -0.2) is 0 Å². The van der Waals surface area contributed by atoms with E-state index >= 15 is 0 Å². The van der Waals surface area contributed by atoms with Gasteiger partial charge in [-0.05, 0) is 48.3 Å². The molecular formula is C13H22O. The van der Waals surface area contributed by atoms with Crippen LogP contribution in [-0.4, -0.2) is 6.29 Å². The molecule has 0 aromatic rings. The van der Waals surface area contributed by atoms with Crippen molar-refractivity contribution in [1.29, 1.82) is 0 Å². The summed E-state index contributed by atoms with van der Waals surface area (Å²) in [6.07, 6.45) is 7.04. The third kappa shape index (κ3) is 1.24.